The summed E-state index contributed by atoms with van der Waals surface area (Å²) in [5, 5.41) is 12.7. The average Bonchev–Trinajstić information content (AvgIpc) is 3.51. The smallest absolute Gasteiger partial charge is 0.295 e. The Bertz CT molecular complexity index is 1370. The van der Waals surface area contributed by atoms with Crippen molar-refractivity contribution >= 4 is 28.4 Å². The van der Waals surface area contributed by atoms with E-state index in [0.717, 1.165) is 53.3 Å². The number of aliphatic hydroxyl groups excluding tert-OH is 1. The molecule has 1 unspecified atom stereocenters. The number of aliphatic hydroxyl groups is 1. The van der Waals surface area contributed by atoms with Gasteiger partial charge in [-0.25, -0.2) is 0 Å². The summed E-state index contributed by atoms with van der Waals surface area (Å²) >= 11 is 0. The van der Waals surface area contributed by atoms with E-state index in [0.29, 0.717) is 5.56 Å². The van der Waals surface area contributed by atoms with Gasteiger partial charge in [0.05, 0.1) is 11.6 Å². The van der Waals surface area contributed by atoms with Crippen molar-refractivity contribution in [2.45, 2.75) is 70.9 Å². The largest absolute Gasteiger partial charge is 0.507 e. The summed E-state index contributed by atoms with van der Waals surface area (Å²) in [6.45, 7) is 8.30. The monoisotopic (exact) mass is 470 g/mol. The van der Waals surface area contributed by atoms with Crippen LogP contribution in [0.15, 0.2) is 54.2 Å². The molecular formula is C30H34N2O3. The third kappa shape index (κ3) is 3.78. The van der Waals surface area contributed by atoms with Gasteiger partial charge in [-0.15, -0.1) is 0 Å². The van der Waals surface area contributed by atoms with E-state index in [9.17, 15) is 14.7 Å². The number of hydrogen-bond donors (Lipinski definition) is 1. The second kappa shape index (κ2) is 8.40. The maximum absolute atomic E-state index is 13.6. The highest BCUT2D eigenvalue weighted by Crippen LogP contribution is 2.46. The maximum Gasteiger partial charge on any atom is 0.295 e. The Morgan fingerprint density at radius 2 is 1.71 bits per heavy atom. The van der Waals surface area contributed by atoms with E-state index < -0.39 is 17.7 Å². The van der Waals surface area contributed by atoms with Gasteiger partial charge in [0.1, 0.15) is 5.76 Å². The second-order valence-corrected chi connectivity index (χ2v) is 11.1. The number of aromatic nitrogens is 1. The quantitative estimate of drug-likeness (QED) is 0.284. The standard InChI is InChI=1S/C30H34N2O3/c1-18-14-15-19(30(2,3)4)16-22(18)27(33)25-26(23-17-31(5)24-13-9-8-12-21(23)24)32(29(35)28(25)34)20-10-6-7-11-20/h8-9,12-17,20,26,33H,6-7,10-11H2,1-5H3/b27-25+. The molecule has 2 fully saturated rings. The Kier molecular flexibility index (Phi) is 5.62. The number of benzene rings is 2. The van der Waals surface area contributed by atoms with E-state index in [1.165, 1.54) is 0 Å². The summed E-state index contributed by atoms with van der Waals surface area (Å²) in [7, 11) is 1.98. The Labute approximate surface area is 207 Å². The molecule has 2 aromatic carbocycles. The molecule has 1 aliphatic carbocycles. The minimum absolute atomic E-state index is 0.00252. The van der Waals surface area contributed by atoms with Crippen LogP contribution in [0.1, 0.15) is 74.8 Å². The van der Waals surface area contributed by atoms with Gasteiger partial charge >= 0.3 is 0 Å². The summed E-state index contributed by atoms with van der Waals surface area (Å²) in [6, 6.07) is 13.4. The first-order valence-corrected chi connectivity index (χ1v) is 12.5. The number of para-hydroxylation sites is 1. The molecule has 1 aromatic heterocycles. The molecule has 1 N–H and O–H groups in total. The first-order valence-electron chi connectivity index (χ1n) is 12.5. The zero-order chi connectivity index (χ0) is 25.1. The lowest BCUT2D eigenvalue weighted by Crippen LogP contribution is -2.37. The molecule has 0 radical (unpaired) electrons. The van der Waals surface area contributed by atoms with E-state index in [2.05, 4.69) is 26.8 Å². The fourth-order valence-electron chi connectivity index (χ4n) is 5.79. The average molecular weight is 471 g/mol. The van der Waals surface area contributed by atoms with Crippen LogP contribution in [0.4, 0.5) is 0 Å². The number of Topliss-reactive ketones (excluding diaryl/α,β-unsaturated/α-hetero) is 1. The number of ketones is 1. The van der Waals surface area contributed by atoms with Crippen LogP contribution in [0, 0.1) is 6.92 Å². The fourth-order valence-corrected chi connectivity index (χ4v) is 5.79. The number of amides is 1. The van der Waals surface area contributed by atoms with Crippen LogP contribution in [-0.2, 0) is 22.1 Å². The van der Waals surface area contributed by atoms with Crippen LogP contribution >= 0.6 is 0 Å². The molecule has 1 aliphatic heterocycles. The Morgan fingerprint density at radius 1 is 1.03 bits per heavy atom. The molecular weight excluding hydrogens is 436 g/mol. The Hall–Kier alpha value is -3.34. The third-order valence-corrected chi connectivity index (χ3v) is 7.78. The van der Waals surface area contributed by atoms with Gasteiger partial charge in [0.2, 0.25) is 0 Å². The van der Waals surface area contributed by atoms with Gasteiger partial charge in [-0.3, -0.25) is 9.59 Å². The van der Waals surface area contributed by atoms with Crippen LogP contribution in [0.3, 0.4) is 0 Å². The van der Waals surface area contributed by atoms with Crippen molar-refractivity contribution in [2.75, 3.05) is 0 Å². The minimum atomic E-state index is -0.609. The number of rotatable bonds is 3. The summed E-state index contributed by atoms with van der Waals surface area (Å²) in [6.07, 6.45) is 5.86. The predicted octanol–water partition coefficient (Wildman–Crippen LogP) is 6.15. The molecule has 1 atom stereocenters. The van der Waals surface area contributed by atoms with Gasteiger partial charge in [-0.05, 0) is 48.4 Å². The number of fused-ring (bicyclic) bond motifs is 1. The molecule has 5 heteroatoms. The molecule has 182 valence electrons. The number of likely N-dealkylation sites (tertiary alicyclic amines) is 1. The summed E-state index contributed by atoms with van der Waals surface area (Å²) < 4.78 is 2.03. The zero-order valence-electron chi connectivity index (χ0n) is 21.3. The molecule has 2 aliphatic rings. The fraction of sp³-hybridized carbons (Fsp3) is 0.400. The first kappa shape index (κ1) is 23.4. The number of nitrogens with zero attached hydrogens (tertiary/aromatic N) is 2. The number of carbonyl (C=O) groups excluding carboxylic acids is 2. The lowest BCUT2D eigenvalue weighted by atomic mass is 9.84. The van der Waals surface area contributed by atoms with Gasteiger partial charge in [-0.2, -0.15) is 0 Å². The van der Waals surface area contributed by atoms with Crippen molar-refractivity contribution in [3.05, 3.63) is 76.5 Å². The van der Waals surface area contributed by atoms with Crippen molar-refractivity contribution in [1.29, 1.82) is 0 Å². The SMILES string of the molecule is Cc1ccc(C(C)(C)C)cc1/C(O)=C1\C(=O)C(=O)N(C2CCCC2)C1c1cn(C)c2ccccc12. The highest BCUT2D eigenvalue weighted by molar-refractivity contribution is 6.46. The summed E-state index contributed by atoms with van der Waals surface area (Å²) in [5.74, 6) is -1.17. The molecule has 5 rings (SSSR count). The molecule has 2 heterocycles. The van der Waals surface area contributed by atoms with Gasteiger partial charge < -0.3 is 14.6 Å². The molecule has 35 heavy (non-hydrogen) atoms. The van der Waals surface area contributed by atoms with Gasteiger partial charge in [0.15, 0.2) is 0 Å². The van der Waals surface area contributed by atoms with E-state index in [1.807, 2.05) is 61.1 Å². The zero-order valence-corrected chi connectivity index (χ0v) is 21.3. The van der Waals surface area contributed by atoms with Crippen LogP contribution in [0.25, 0.3) is 16.7 Å². The lowest BCUT2D eigenvalue weighted by molar-refractivity contribution is -0.141. The van der Waals surface area contributed by atoms with Crippen molar-refractivity contribution in [3.63, 3.8) is 0 Å². The van der Waals surface area contributed by atoms with Crippen LogP contribution < -0.4 is 0 Å². The van der Waals surface area contributed by atoms with Gasteiger partial charge in [-0.1, -0.05) is 63.9 Å². The molecule has 1 saturated heterocycles. The first-order chi connectivity index (χ1) is 16.6. The topological polar surface area (TPSA) is 62.5 Å². The molecule has 1 saturated carbocycles. The summed E-state index contributed by atoms with van der Waals surface area (Å²) in [5.41, 5.74) is 4.56. The molecule has 0 spiro atoms. The maximum atomic E-state index is 13.6. The lowest BCUT2D eigenvalue weighted by Gasteiger charge is -2.30. The van der Waals surface area contributed by atoms with Crippen molar-refractivity contribution in [2.24, 2.45) is 7.05 Å². The van der Waals surface area contributed by atoms with Gasteiger partial charge in [0, 0.05) is 41.3 Å². The van der Waals surface area contributed by atoms with E-state index in [-0.39, 0.29) is 22.8 Å². The van der Waals surface area contributed by atoms with Crippen molar-refractivity contribution in [1.82, 2.24) is 9.47 Å². The number of hydrogen-bond acceptors (Lipinski definition) is 3. The number of aryl methyl sites for hydroxylation is 2. The van der Waals surface area contributed by atoms with E-state index in [4.69, 9.17) is 0 Å². The molecule has 0 bridgehead atoms. The normalized spacial score (nSPS) is 20.9. The van der Waals surface area contributed by atoms with Crippen LogP contribution in [0.5, 0.6) is 0 Å². The van der Waals surface area contributed by atoms with Crippen LogP contribution in [0.2, 0.25) is 0 Å². The molecule has 1 amide bonds. The highest BCUT2D eigenvalue weighted by atomic mass is 16.3. The van der Waals surface area contributed by atoms with Crippen molar-refractivity contribution in [3.8, 4) is 0 Å². The second-order valence-electron chi connectivity index (χ2n) is 11.1. The Morgan fingerprint density at radius 3 is 2.40 bits per heavy atom. The minimum Gasteiger partial charge on any atom is -0.507 e. The highest BCUT2D eigenvalue weighted by Gasteiger charge is 2.50. The van der Waals surface area contributed by atoms with Crippen LogP contribution in [-0.4, -0.2) is 32.3 Å². The molecule has 3 aromatic rings. The van der Waals surface area contributed by atoms with E-state index in [1.54, 1.807) is 4.90 Å². The Balaban J connectivity index is 1.77. The summed E-state index contributed by atoms with van der Waals surface area (Å²) in [4.78, 5) is 28.9. The predicted molar refractivity (Wildman–Crippen MR) is 139 cm³/mol. The van der Waals surface area contributed by atoms with Gasteiger partial charge in [0.25, 0.3) is 11.7 Å². The third-order valence-electron chi connectivity index (χ3n) is 7.78. The molecule has 5 nitrogen and oxygen atoms in total. The van der Waals surface area contributed by atoms with Crippen molar-refractivity contribution < 1.29 is 14.7 Å². The van der Waals surface area contributed by atoms with E-state index >= 15 is 0 Å². The number of carbonyl (C=O) groups is 2.